The van der Waals surface area contributed by atoms with Crippen LogP contribution in [0.5, 0.6) is 0 Å². The number of methoxy groups -OCH3 is 3. The van der Waals surface area contributed by atoms with Gasteiger partial charge in [-0.15, -0.1) is 0 Å². The number of amides is 1. The molecule has 3 fully saturated rings. The zero-order valence-corrected chi connectivity index (χ0v) is 41.4. The molecule has 1 unspecified atom stereocenters. The predicted molar refractivity (Wildman–Crippen MR) is 255 cm³/mol. The van der Waals surface area contributed by atoms with Gasteiger partial charge >= 0.3 is 5.97 Å². The van der Waals surface area contributed by atoms with Crippen LogP contribution in [0.3, 0.4) is 0 Å². The molecule has 16 nitrogen and oxygen atoms in total. The number of likely N-dealkylation sites (tertiary alicyclic amines) is 1. The lowest BCUT2D eigenvalue weighted by molar-refractivity contribution is -0.265. The molecular weight excluding hydrogens is 879 g/mol. The number of piperidine rings is 1. The van der Waals surface area contributed by atoms with Gasteiger partial charge in [-0.3, -0.25) is 28.8 Å². The fraction of sp³-hybridized carbons (Fsp3) is 0.750. The van der Waals surface area contributed by atoms with Gasteiger partial charge < -0.3 is 43.9 Å². The summed E-state index contributed by atoms with van der Waals surface area (Å²) in [6, 6.07) is -1.19. The largest absolute Gasteiger partial charge is 0.460 e. The van der Waals surface area contributed by atoms with Gasteiger partial charge in [0.15, 0.2) is 5.78 Å². The van der Waals surface area contributed by atoms with Gasteiger partial charge in [0.2, 0.25) is 5.79 Å². The Balaban J connectivity index is 0.0000159. The average Bonchev–Trinajstić information content (AvgIpc) is 3.30. The lowest BCUT2D eigenvalue weighted by Gasteiger charge is -2.42. The molecule has 0 spiro atoms. The molecule has 1 aliphatic carbocycles. The number of carbonyl (C=O) groups excluding carboxylic acids is 7. The molecule has 386 valence electrons. The number of ether oxygens (including phenoxy) is 5. The van der Waals surface area contributed by atoms with E-state index in [0.29, 0.717) is 81.5 Å². The first-order valence-electron chi connectivity index (χ1n) is 24.1. The first-order valence-corrected chi connectivity index (χ1v) is 24.1. The Morgan fingerprint density at radius 2 is 1.59 bits per heavy atom. The third kappa shape index (κ3) is 16.4. The number of aliphatic hydroxyl groups excluding tert-OH is 2. The van der Waals surface area contributed by atoms with E-state index in [9.17, 15) is 48.9 Å². The summed E-state index contributed by atoms with van der Waals surface area (Å²) in [5, 5.41) is 33.6. The van der Waals surface area contributed by atoms with E-state index in [-0.39, 0.29) is 68.7 Å². The van der Waals surface area contributed by atoms with Crippen molar-refractivity contribution in [2.45, 2.75) is 187 Å². The van der Waals surface area contributed by atoms with Crippen LogP contribution in [0.4, 0.5) is 0 Å². The second kappa shape index (κ2) is 28.8. The summed E-state index contributed by atoms with van der Waals surface area (Å²) >= 11 is 0. The van der Waals surface area contributed by atoms with Gasteiger partial charge in [0, 0.05) is 58.5 Å². The molecule has 3 rings (SSSR count). The van der Waals surface area contributed by atoms with Crippen molar-refractivity contribution < 1.29 is 72.6 Å². The third-order valence-corrected chi connectivity index (χ3v) is 14.3. The molecule has 3 aliphatic rings. The molecule has 0 radical (unpaired) electrons. The lowest BCUT2D eigenvalue weighted by Crippen LogP contribution is -2.61. The highest BCUT2D eigenvalue weighted by Gasteiger charge is 2.53. The summed E-state index contributed by atoms with van der Waals surface area (Å²) in [6.45, 7) is 12.1. The number of nitrogens with zero attached hydrogens (tertiary/aromatic N) is 1. The normalized spacial score (nSPS) is 28.5. The molecule has 2 heterocycles. The first kappa shape index (κ1) is 60.4. The molecule has 0 aromatic heterocycles. The molecule has 3 N–H and O–H groups in total. The molecule has 1 amide bonds. The summed E-state index contributed by atoms with van der Waals surface area (Å²) < 4.78 is 28.8. The van der Waals surface area contributed by atoms with Gasteiger partial charge in [-0.1, -0.05) is 54.2 Å². The Morgan fingerprint density at radius 3 is 2.21 bits per heavy atom. The molecule has 1 saturated carbocycles. The number of aliphatic hydroxyl groups is 3. The Kier molecular flexibility index (Phi) is 25.5. The van der Waals surface area contributed by atoms with E-state index in [4.69, 9.17) is 23.7 Å². The number of hydrogen-bond acceptors (Lipinski definition) is 15. The number of Topliss-reactive ketones (excluding diaryl/α,β-unsaturated/α-hetero) is 3. The Morgan fingerprint density at radius 1 is 0.897 bits per heavy atom. The van der Waals surface area contributed by atoms with Crippen LogP contribution >= 0.6 is 0 Å². The van der Waals surface area contributed by atoms with E-state index in [1.54, 1.807) is 53.9 Å². The van der Waals surface area contributed by atoms with Crippen LogP contribution in [0.2, 0.25) is 0 Å². The lowest BCUT2D eigenvalue weighted by atomic mass is 9.78. The summed E-state index contributed by atoms with van der Waals surface area (Å²) in [5.74, 6) is -8.60. The second-order valence-corrected chi connectivity index (χ2v) is 19.5. The van der Waals surface area contributed by atoms with Gasteiger partial charge in [-0.05, 0) is 119 Å². The highest BCUT2D eigenvalue weighted by Crippen LogP contribution is 2.37. The van der Waals surface area contributed by atoms with E-state index in [0.717, 1.165) is 4.90 Å². The fourth-order valence-electron chi connectivity index (χ4n) is 9.93. The van der Waals surface area contributed by atoms with Crippen LogP contribution in [0.1, 0.15) is 133 Å². The molecule has 16 heteroatoms. The van der Waals surface area contributed by atoms with Crippen molar-refractivity contribution in [3.05, 3.63) is 35.5 Å². The maximum Gasteiger partial charge on any atom is 0.329 e. The number of allylic oxidation sites excluding steroid dienone is 4. The topological polar surface area (TPSA) is 230 Å². The SMILES string of the molecule is C.COC(C(=O)[C@H](C)C[C@H](C)/C=C/C=O)[C@H](O)/C(C)=C/[C@@H](C)C(=O)C[C@H](OC(=O)[C@@H]1CCCCN1C(=O)C(=O)[C@]1(O)O[C@H](C[C@H](OC)/C(C)=C/C=O)CC[C@H]1C)[C@H](C)C[C@@H]1CC[C@@H](O)[C@H](OC)C1. The monoisotopic (exact) mass is 962 g/mol. The zero-order chi connectivity index (χ0) is 50.2. The summed E-state index contributed by atoms with van der Waals surface area (Å²) in [6.07, 6.45) is 6.39. The second-order valence-electron chi connectivity index (χ2n) is 19.5. The van der Waals surface area contributed by atoms with Crippen LogP contribution in [-0.2, 0) is 57.2 Å². The van der Waals surface area contributed by atoms with Crippen molar-refractivity contribution >= 4 is 41.8 Å². The zero-order valence-electron chi connectivity index (χ0n) is 41.4. The molecule has 2 saturated heterocycles. The van der Waals surface area contributed by atoms with E-state index in [2.05, 4.69) is 0 Å². The Hall–Kier alpha value is -3.77. The van der Waals surface area contributed by atoms with Crippen molar-refractivity contribution in [2.75, 3.05) is 27.9 Å². The van der Waals surface area contributed by atoms with Crippen molar-refractivity contribution in [1.82, 2.24) is 4.90 Å². The minimum atomic E-state index is -2.48. The molecule has 0 aromatic rings. The van der Waals surface area contributed by atoms with Crippen LogP contribution < -0.4 is 0 Å². The van der Waals surface area contributed by atoms with Crippen LogP contribution in [0.25, 0.3) is 0 Å². The van der Waals surface area contributed by atoms with E-state index < -0.39 is 83.9 Å². The van der Waals surface area contributed by atoms with E-state index in [1.165, 1.54) is 26.4 Å². The fourth-order valence-corrected chi connectivity index (χ4v) is 9.93. The van der Waals surface area contributed by atoms with Crippen LogP contribution in [-0.4, -0.2) is 144 Å². The van der Waals surface area contributed by atoms with Gasteiger partial charge in [0.25, 0.3) is 11.7 Å². The quantitative estimate of drug-likeness (QED) is 0.0313. The molecule has 2 aliphatic heterocycles. The minimum Gasteiger partial charge on any atom is -0.460 e. The summed E-state index contributed by atoms with van der Waals surface area (Å²) in [7, 11) is 4.35. The standard InChI is InChI=1S/C51H79NO15.CH4/c1-30(14-13-22-53)24-34(5)45(57)47(65-10)46(58)35(6)25-32(3)41(56)29-43(33(4)26-37-17-19-40(55)44(27-37)64-9)66-50(61)39-15-11-12-21-52(39)49(60)48(59)51(62)36(7)16-18-38(67-51)28-42(63-8)31(2)20-23-54;/h13-14,20,22-23,25,30,32-34,36-40,42-44,46-47,55,58,62H,11-12,15-19,21,24,26-29H2,1-10H3;1H4/b14-13+,31-20+,35-25+;/t30-,32-,33-,34-,36-,37+,38+,39+,40-,42+,43+,44-,46-,47?,51-;/m1./s1. The predicted octanol–water partition coefficient (Wildman–Crippen LogP) is 5.64. The van der Waals surface area contributed by atoms with Crippen molar-refractivity contribution in [1.29, 1.82) is 0 Å². The summed E-state index contributed by atoms with van der Waals surface area (Å²) in [5.41, 5.74) is 0.970. The number of carbonyl (C=O) groups is 7. The van der Waals surface area contributed by atoms with Crippen LogP contribution in [0.15, 0.2) is 35.5 Å². The van der Waals surface area contributed by atoms with Gasteiger partial charge in [0.05, 0.1) is 24.4 Å². The maximum absolute atomic E-state index is 14.4. The smallest absolute Gasteiger partial charge is 0.329 e. The highest BCUT2D eigenvalue weighted by atomic mass is 16.6. The van der Waals surface area contributed by atoms with Crippen molar-refractivity contribution in [3.63, 3.8) is 0 Å². The number of ketones is 3. The molecular formula is C52H83NO15. The highest BCUT2D eigenvalue weighted by molar-refractivity contribution is 6.39. The maximum atomic E-state index is 14.4. The number of aldehydes is 2. The molecule has 68 heavy (non-hydrogen) atoms. The van der Waals surface area contributed by atoms with E-state index >= 15 is 0 Å². The summed E-state index contributed by atoms with van der Waals surface area (Å²) in [4.78, 5) is 93.1. The molecule has 0 bridgehead atoms. The molecule has 0 aromatic carbocycles. The Bertz CT molecular complexity index is 1780. The minimum absolute atomic E-state index is 0. The van der Waals surface area contributed by atoms with Gasteiger partial charge in [0.1, 0.15) is 42.7 Å². The van der Waals surface area contributed by atoms with Gasteiger partial charge in [-0.25, -0.2) is 4.79 Å². The number of hydrogen-bond donors (Lipinski definition) is 3. The van der Waals surface area contributed by atoms with Crippen molar-refractivity contribution in [3.8, 4) is 0 Å². The Labute approximate surface area is 404 Å². The average molecular weight is 962 g/mol. The van der Waals surface area contributed by atoms with Gasteiger partial charge in [-0.2, -0.15) is 0 Å². The molecule has 15 atom stereocenters. The first-order chi connectivity index (χ1) is 31.7. The third-order valence-electron chi connectivity index (χ3n) is 14.3. The number of esters is 1. The van der Waals surface area contributed by atoms with Crippen LogP contribution in [0, 0.1) is 35.5 Å². The van der Waals surface area contributed by atoms with Crippen molar-refractivity contribution in [2.24, 2.45) is 35.5 Å². The van der Waals surface area contributed by atoms with E-state index in [1.807, 2.05) is 13.8 Å². The number of rotatable bonds is 26.